The van der Waals surface area contributed by atoms with Crippen molar-refractivity contribution in [3.63, 3.8) is 0 Å². The van der Waals surface area contributed by atoms with Crippen molar-refractivity contribution >= 4 is 24.5 Å². The third kappa shape index (κ3) is 7.71. The van der Waals surface area contributed by atoms with Gasteiger partial charge in [0.1, 0.15) is 5.78 Å². The average Bonchev–Trinajstić information content (AvgIpc) is 2.98. The fourth-order valence-corrected chi connectivity index (χ4v) is 10.8. The molecule has 1 fully saturated rings. The lowest BCUT2D eigenvalue weighted by Gasteiger charge is -2.44. The lowest BCUT2D eigenvalue weighted by atomic mass is 9.79. The highest BCUT2D eigenvalue weighted by Crippen LogP contribution is 2.38. The molecule has 0 aromatic heterocycles. The van der Waals surface area contributed by atoms with Gasteiger partial charge in [0, 0.05) is 6.42 Å². The lowest BCUT2D eigenvalue weighted by molar-refractivity contribution is -0.139. The number of hydrogen-bond donors (Lipinski definition) is 0. The van der Waals surface area contributed by atoms with Crippen LogP contribution in [-0.4, -0.2) is 39.0 Å². The van der Waals surface area contributed by atoms with Crippen LogP contribution in [-0.2, 0) is 25.3 Å². The second-order valence-corrected chi connectivity index (χ2v) is 17.6. The summed E-state index contributed by atoms with van der Waals surface area (Å²) in [5.41, 5.74) is 1.41. The predicted molar refractivity (Wildman–Crippen MR) is 179 cm³/mol. The maximum Gasteiger partial charge on any atom is 0.261 e. The second-order valence-electron chi connectivity index (χ2n) is 13.3. The Morgan fingerprint density at radius 2 is 1.40 bits per heavy atom. The van der Waals surface area contributed by atoms with Crippen LogP contribution in [0.25, 0.3) is 0 Å². The topological polar surface area (TPSA) is 44.8 Å². The SMILES string of the molecule is C=C[C@H](OCc1ccccc1)C(C)(C)C(=O)C[C@@H]1CC(=C)C[C@H](CO[Si](c2ccccc2)(c2ccccc2)C(C)(C)C)O1. The van der Waals surface area contributed by atoms with Gasteiger partial charge in [-0.3, -0.25) is 4.79 Å². The van der Waals surface area contributed by atoms with Crippen molar-refractivity contribution in [2.45, 2.75) is 83.8 Å². The molecular formula is C38H48O4Si. The van der Waals surface area contributed by atoms with Crippen molar-refractivity contribution in [3.05, 3.63) is 121 Å². The van der Waals surface area contributed by atoms with Crippen LogP contribution < -0.4 is 10.4 Å². The molecule has 0 radical (unpaired) electrons. The zero-order chi connectivity index (χ0) is 31.1. The Labute approximate surface area is 259 Å². The van der Waals surface area contributed by atoms with Gasteiger partial charge in [0.05, 0.1) is 36.9 Å². The summed E-state index contributed by atoms with van der Waals surface area (Å²) in [6.45, 7) is 19.9. The molecular weight excluding hydrogens is 549 g/mol. The number of carbonyl (C=O) groups excluding carboxylic acids is 1. The molecule has 3 aromatic carbocycles. The van der Waals surface area contributed by atoms with Crippen molar-refractivity contribution in [2.75, 3.05) is 6.61 Å². The molecule has 4 rings (SSSR count). The van der Waals surface area contributed by atoms with Gasteiger partial charge in [-0.05, 0) is 33.8 Å². The van der Waals surface area contributed by atoms with Gasteiger partial charge in [-0.1, -0.05) is 144 Å². The maximum absolute atomic E-state index is 13.7. The molecule has 5 heteroatoms. The molecule has 0 aliphatic carbocycles. The maximum atomic E-state index is 13.7. The fraction of sp³-hybridized carbons (Fsp3) is 0.395. The number of carbonyl (C=O) groups is 1. The van der Waals surface area contributed by atoms with Crippen molar-refractivity contribution < 1.29 is 18.7 Å². The summed E-state index contributed by atoms with van der Waals surface area (Å²) >= 11 is 0. The molecule has 1 heterocycles. The summed E-state index contributed by atoms with van der Waals surface area (Å²) in [4.78, 5) is 13.7. The van der Waals surface area contributed by atoms with Gasteiger partial charge < -0.3 is 13.9 Å². The molecule has 0 unspecified atom stereocenters. The molecule has 4 nitrogen and oxygen atoms in total. The van der Waals surface area contributed by atoms with E-state index >= 15 is 0 Å². The van der Waals surface area contributed by atoms with Gasteiger partial charge in [0.25, 0.3) is 8.32 Å². The second kappa shape index (κ2) is 14.1. The zero-order valence-electron chi connectivity index (χ0n) is 26.6. The number of rotatable bonds is 13. The van der Waals surface area contributed by atoms with Crippen LogP contribution in [0.4, 0.5) is 0 Å². The fourth-order valence-electron chi connectivity index (χ4n) is 6.25. The van der Waals surface area contributed by atoms with E-state index in [1.807, 2.05) is 44.2 Å². The van der Waals surface area contributed by atoms with E-state index in [0.717, 1.165) is 17.6 Å². The highest BCUT2D eigenvalue weighted by Gasteiger charge is 2.50. The largest absolute Gasteiger partial charge is 0.405 e. The Kier molecular flexibility index (Phi) is 10.8. The minimum absolute atomic E-state index is 0.0943. The third-order valence-electron chi connectivity index (χ3n) is 8.65. The van der Waals surface area contributed by atoms with Gasteiger partial charge >= 0.3 is 0 Å². The van der Waals surface area contributed by atoms with E-state index in [-0.39, 0.29) is 23.0 Å². The van der Waals surface area contributed by atoms with E-state index in [1.54, 1.807) is 6.08 Å². The molecule has 1 aliphatic heterocycles. The number of Topliss-reactive ketones (excluding diaryl/α,β-unsaturated/α-hetero) is 1. The Bertz CT molecular complexity index is 1310. The Hall–Kier alpha value is -3.09. The first kappa shape index (κ1) is 32.8. The molecule has 0 spiro atoms. The summed E-state index contributed by atoms with van der Waals surface area (Å²) in [7, 11) is -2.70. The van der Waals surface area contributed by atoms with Gasteiger partial charge in [0.15, 0.2) is 0 Å². The molecule has 43 heavy (non-hydrogen) atoms. The normalized spacial score (nSPS) is 18.7. The number of hydrogen-bond acceptors (Lipinski definition) is 4. The van der Waals surface area contributed by atoms with Crippen molar-refractivity contribution in [1.29, 1.82) is 0 Å². The summed E-state index contributed by atoms with van der Waals surface area (Å²) in [6.07, 6.45) is 2.58. The van der Waals surface area contributed by atoms with E-state index in [4.69, 9.17) is 13.9 Å². The van der Waals surface area contributed by atoms with Crippen molar-refractivity contribution in [1.82, 2.24) is 0 Å². The highest BCUT2D eigenvalue weighted by atomic mass is 28.4. The predicted octanol–water partition coefficient (Wildman–Crippen LogP) is 7.42. The van der Waals surface area contributed by atoms with Gasteiger partial charge in [-0.25, -0.2) is 0 Å². The minimum Gasteiger partial charge on any atom is -0.405 e. The molecule has 0 bridgehead atoms. The molecule has 0 amide bonds. The van der Waals surface area contributed by atoms with E-state index in [9.17, 15) is 4.79 Å². The first-order valence-electron chi connectivity index (χ1n) is 15.4. The monoisotopic (exact) mass is 596 g/mol. The Balaban J connectivity index is 1.48. The van der Waals surface area contributed by atoms with Crippen LogP contribution >= 0.6 is 0 Å². The quantitative estimate of drug-likeness (QED) is 0.152. The van der Waals surface area contributed by atoms with Crippen molar-refractivity contribution in [2.24, 2.45) is 5.41 Å². The van der Waals surface area contributed by atoms with Crippen LogP contribution in [0.3, 0.4) is 0 Å². The minimum atomic E-state index is -2.70. The smallest absolute Gasteiger partial charge is 0.261 e. The van der Waals surface area contributed by atoms with Crippen LogP contribution in [0.15, 0.2) is 116 Å². The highest BCUT2D eigenvalue weighted by molar-refractivity contribution is 6.99. The Morgan fingerprint density at radius 3 is 1.91 bits per heavy atom. The summed E-state index contributed by atoms with van der Waals surface area (Å²) in [5.74, 6) is 0.0943. The summed E-state index contributed by atoms with van der Waals surface area (Å²) in [5, 5.41) is 2.35. The van der Waals surface area contributed by atoms with Crippen LogP contribution in [0.5, 0.6) is 0 Å². The number of benzene rings is 3. The standard InChI is InChI=1S/C38H48O4Si/c1-8-36(40-27-30-18-12-9-13-19-30)38(6,7)35(39)26-31-24-29(2)25-32(42-31)28-41-43(37(3,4)5,33-20-14-10-15-21-33)34-22-16-11-17-23-34/h8-23,31-32,36H,1-2,24-28H2,3-7H3/t31-,32+,36-/m0/s1. The van der Waals surface area contributed by atoms with Gasteiger partial charge in [-0.2, -0.15) is 0 Å². The molecule has 3 aromatic rings. The van der Waals surface area contributed by atoms with Crippen molar-refractivity contribution in [3.8, 4) is 0 Å². The van der Waals surface area contributed by atoms with Crippen LogP contribution in [0, 0.1) is 5.41 Å². The third-order valence-corrected chi connectivity index (χ3v) is 13.7. The van der Waals surface area contributed by atoms with Crippen LogP contribution in [0.2, 0.25) is 5.04 Å². The summed E-state index contributed by atoms with van der Waals surface area (Å²) in [6, 6.07) is 31.3. The van der Waals surface area contributed by atoms with Gasteiger partial charge in [0.2, 0.25) is 0 Å². The average molecular weight is 597 g/mol. The lowest BCUT2D eigenvalue weighted by Crippen LogP contribution is -2.67. The molecule has 228 valence electrons. The van der Waals surface area contributed by atoms with Crippen LogP contribution in [0.1, 0.15) is 59.4 Å². The number of ketones is 1. The van der Waals surface area contributed by atoms with E-state index in [2.05, 4.69) is 94.6 Å². The summed E-state index contributed by atoms with van der Waals surface area (Å²) < 4.78 is 19.9. The first-order chi connectivity index (χ1) is 20.5. The van der Waals surface area contributed by atoms with E-state index in [1.165, 1.54) is 10.4 Å². The van der Waals surface area contributed by atoms with Gasteiger partial charge in [-0.15, -0.1) is 6.58 Å². The number of ether oxygens (including phenoxy) is 2. The molecule has 0 saturated carbocycles. The van der Waals surface area contributed by atoms with E-state index in [0.29, 0.717) is 26.1 Å². The first-order valence-corrected chi connectivity index (χ1v) is 17.3. The zero-order valence-corrected chi connectivity index (χ0v) is 27.6. The Morgan fingerprint density at radius 1 is 0.884 bits per heavy atom. The molecule has 3 atom stereocenters. The molecule has 1 saturated heterocycles. The molecule has 1 aliphatic rings. The molecule has 0 N–H and O–H groups in total. The van der Waals surface area contributed by atoms with E-state index < -0.39 is 19.8 Å².